The summed E-state index contributed by atoms with van der Waals surface area (Å²) in [4.78, 5) is 18.2. The highest BCUT2D eigenvalue weighted by Gasteiger charge is 2.24. The Balaban J connectivity index is 1.34. The van der Waals surface area contributed by atoms with E-state index in [1.165, 1.54) is 30.2 Å². The molecule has 4 rings (SSSR count). The minimum Gasteiger partial charge on any atom is -0.468 e. The predicted molar refractivity (Wildman–Crippen MR) is 107 cm³/mol. The molecule has 0 radical (unpaired) electrons. The average Bonchev–Trinajstić information content (AvgIpc) is 3.38. The number of furan rings is 1. The van der Waals surface area contributed by atoms with Crippen LogP contribution in [-0.4, -0.2) is 35.4 Å². The summed E-state index contributed by atoms with van der Waals surface area (Å²) < 4.78 is 5.65. The lowest BCUT2D eigenvalue weighted by Crippen LogP contribution is -2.40. The molecule has 1 aliphatic rings. The Labute approximate surface area is 159 Å². The molecule has 5 nitrogen and oxygen atoms in total. The Bertz CT molecular complexity index is 863. The van der Waals surface area contributed by atoms with Gasteiger partial charge in [-0.2, -0.15) is 0 Å². The number of para-hydroxylation sites is 1. The lowest BCUT2D eigenvalue weighted by atomic mass is 10.1. The number of carbonyl (C=O) groups is 1. The van der Waals surface area contributed by atoms with Gasteiger partial charge in [-0.25, -0.2) is 0 Å². The summed E-state index contributed by atoms with van der Waals surface area (Å²) in [5, 5.41) is 4.33. The molecular formula is C22H27N3O2. The van der Waals surface area contributed by atoms with Crippen LogP contribution in [0.15, 0.2) is 53.3 Å². The van der Waals surface area contributed by atoms with E-state index in [0.29, 0.717) is 13.0 Å². The van der Waals surface area contributed by atoms with Crippen LogP contribution in [0.4, 0.5) is 0 Å². The number of rotatable bonds is 7. The second-order valence-electron chi connectivity index (χ2n) is 7.29. The number of nitrogens with zero attached hydrogens (tertiary/aromatic N) is 1. The van der Waals surface area contributed by atoms with Crippen molar-refractivity contribution in [2.24, 2.45) is 0 Å². The van der Waals surface area contributed by atoms with Gasteiger partial charge in [0.05, 0.1) is 12.3 Å². The highest BCUT2D eigenvalue weighted by atomic mass is 16.3. The van der Waals surface area contributed by atoms with Crippen molar-refractivity contribution < 1.29 is 9.21 Å². The van der Waals surface area contributed by atoms with Gasteiger partial charge in [0.15, 0.2) is 0 Å². The van der Waals surface area contributed by atoms with Crippen molar-refractivity contribution in [2.75, 3.05) is 19.6 Å². The fraction of sp³-hybridized carbons (Fsp3) is 0.409. The Morgan fingerprint density at radius 2 is 2.00 bits per heavy atom. The number of fused-ring (bicyclic) bond motifs is 1. The van der Waals surface area contributed by atoms with E-state index >= 15 is 0 Å². The molecule has 3 aromatic rings. The standard InChI is InChI=1S/C22H27N3O2/c26-22(11-10-17-15-23-19-8-3-2-7-18(17)19)24-16-20(21-9-6-14-27-21)25-12-4-1-5-13-25/h2-3,6-9,14-15,20,23H,1,4-5,10-13,16H2,(H,24,26)/t20-/m1/s1. The molecule has 1 aromatic carbocycles. The number of aromatic amines is 1. The number of likely N-dealkylation sites (tertiary alicyclic amines) is 1. The van der Waals surface area contributed by atoms with Crippen molar-refractivity contribution in [1.29, 1.82) is 0 Å². The van der Waals surface area contributed by atoms with Crippen molar-refractivity contribution in [3.05, 3.63) is 60.2 Å². The van der Waals surface area contributed by atoms with Gasteiger partial charge in [-0.15, -0.1) is 0 Å². The molecule has 0 saturated carbocycles. The molecular weight excluding hydrogens is 338 g/mol. The lowest BCUT2D eigenvalue weighted by Gasteiger charge is -2.33. The molecule has 27 heavy (non-hydrogen) atoms. The number of aryl methyl sites for hydroxylation is 1. The smallest absolute Gasteiger partial charge is 0.220 e. The molecule has 5 heteroatoms. The van der Waals surface area contributed by atoms with E-state index in [2.05, 4.69) is 27.3 Å². The summed E-state index contributed by atoms with van der Waals surface area (Å²) in [6, 6.07) is 12.3. The Hall–Kier alpha value is -2.53. The van der Waals surface area contributed by atoms with Crippen LogP contribution in [0.2, 0.25) is 0 Å². The van der Waals surface area contributed by atoms with Gasteiger partial charge in [0.1, 0.15) is 5.76 Å². The van der Waals surface area contributed by atoms with Crippen molar-refractivity contribution in [2.45, 2.75) is 38.1 Å². The van der Waals surface area contributed by atoms with Gasteiger partial charge in [0.25, 0.3) is 0 Å². The second kappa shape index (κ2) is 8.44. The fourth-order valence-corrected chi connectivity index (χ4v) is 4.01. The molecule has 3 heterocycles. The van der Waals surface area contributed by atoms with Gasteiger partial charge in [0.2, 0.25) is 5.91 Å². The van der Waals surface area contributed by atoms with Crippen LogP contribution in [-0.2, 0) is 11.2 Å². The monoisotopic (exact) mass is 365 g/mol. The van der Waals surface area contributed by atoms with Crippen LogP contribution in [0.5, 0.6) is 0 Å². The van der Waals surface area contributed by atoms with Gasteiger partial charge < -0.3 is 14.7 Å². The van der Waals surface area contributed by atoms with Gasteiger partial charge in [-0.3, -0.25) is 9.69 Å². The molecule has 0 spiro atoms. The first-order valence-electron chi connectivity index (χ1n) is 9.90. The number of aromatic nitrogens is 1. The summed E-state index contributed by atoms with van der Waals surface area (Å²) in [6.07, 6.45) is 8.68. The maximum Gasteiger partial charge on any atom is 0.220 e. The van der Waals surface area contributed by atoms with Crippen LogP contribution in [0.25, 0.3) is 10.9 Å². The number of amides is 1. The van der Waals surface area contributed by atoms with Crippen LogP contribution in [0.3, 0.4) is 0 Å². The van der Waals surface area contributed by atoms with Gasteiger partial charge >= 0.3 is 0 Å². The van der Waals surface area contributed by atoms with Crippen LogP contribution in [0.1, 0.15) is 43.0 Å². The summed E-state index contributed by atoms with van der Waals surface area (Å²) in [5.74, 6) is 1.03. The normalized spacial score (nSPS) is 16.4. The van der Waals surface area contributed by atoms with E-state index in [1.54, 1.807) is 6.26 Å². The third-order valence-electron chi connectivity index (χ3n) is 5.49. The molecule has 1 amide bonds. The van der Waals surface area contributed by atoms with E-state index in [-0.39, 0.29) is 11.9 Å². The minimum atomic E-state index is 0.0915. The molecule has 2 N–H and O–H groups in total. The van der Waals surface area contributed by atoms with Crippen molar-refractivity contribution in [3.8, 4) is 0 Å². The largest absolute Gasteiger partial charge is 0.468 e. The van der Waals surface area contributed by atoms with E-state index in [9.17, 15) is 4.79 Å². The number of carbonyl (C=O) groups excluding carboxylic acids is 1. The van der Waals surface area contributed by atoms with Crippen LogP contribution >= 0.6 is 0 Å². The first kappa shape index (κ1) is 17.9. The molecule has 142 valence electrons. The van der Waals surface area contributed by atoms with Crippen molar-refractivity contribution in [1.82, 2.24) is 15.2 Å². The molecule has 1 fully saturated rings. The number of piperidine rings is 1. The van der Waals surface area contributed by atoms with E-state index in [4.69, 9.17) is 4.42 Å². The number of H-pyrrole nitrogens is 1. The number of hydrogen-bond acceptors (Lipinski definition) is 3. The zero-order valence-electron chi connectivity index (χ0n) is 15.6. The highest BCUT2D eigenvalue weighted by molar-refractivity contribution is 5.84. The van der Waals surface area contributed by atoms with Gasteiger partial charge in [0, 0.05) is 30.1 Å². The summed E-state index contributed by atoms with van der Waals surface area (Å²) >= 11 is 0. The Morgan fingerprint density at radius 3 is 2.81 bits per heavy atom. The van der Waals surface area contributed by atoms with Crippen LogP contribution in [0, 0.1) is 0 Å². The quantitative estimate of drug-likeness (QED) is 0.664. The number of nitrogens with one attached hydrogen (secondary N) is 2. The van der Waals surface area contributed by atoms with E-state index in [1.807, 2.05) is 30.5 Å². The molecule has 0 aliphatic carbocycles. The molecule has 1 saturated heterocycles. The second-order valence-corrected chi connectivity index (χ2v) is 7.29. The molecule has 1 aliphatic heterocycles. The Morgan fingerprint density at radius 1 is 1.15 bits per heavy atom. The van der Waals surface area contributed by atoms with Gasteiger partial charge in [-0.1, -0.05) is 24.6 Å². The topological polar surface area (TPSA) is 61.3 Å². The predicted octanol–water partition coefficient (Wildman–Crippen LogP) is 4.04. The summed E-state index contributed by atoms with van der Waals surface area (Å²) in [6.45, 7) is 2.73. The van der Waals surface area contributed by atoms with E-state index < -0.39 is 0 Å². The lowest BCUT2D eigenvalue weighted by molar-refractivity contribution is -0.121. The molecule has 1 atom stereocenters. The summed E-state index contributed by atoms with van der Waals surface area (Å²) in [7, 11) is 0. The van der Waals surface area contributed by atoms with Gasteiger partial charge in [-0.05, 0) is 56.1 Å². The zero-order chi connectivity index (χ0) is 18.5. The van der Waals surface area contributed by atoms with E-state index in [0.717, 1.165) is 30.8 Å². The maximum absolute atomic E-state index is 12.5. The third kappa shape index (κ3) is 4.25. The van der Waals surface area contributed by atoms with Crippen molar-refractivity contribution >= 4 is 16.8 Å². The minimum absolute atomic E-state index is 0.0915. The first-order chi connectivity index (χ1) is 13.3. The number of benzene rings is 1. The third-order valence-corrected chi connectivity index (χ3v) is 5.49. The molecule has 0 unspecified atom stereocenters. The first-order valence-corrected chi connectivity index (χ1v) is 9.90. The van der Waals surface area contributed by atoms with Crippen molar-refractivity contribution in [3.63, 3.8) is 0 Å². The zero-order valence-corrected chi connectivity index (χ0v) is 15.6. The SMILES string of the molecule is O=C(CCc1c[nH]c2ccccc12)NC[C@H](c1ccco1)N1CCCCC1. The fourth-order valence-electron chi connectivity index (χ4n) is 4.01. The molecule has 0 bridgehead atoms. The summed E-state index contributed by atoms with van der Waals surface area (Å²) in [5.41, 5.74) is 2.32. The molecule has 2 aromatic heterocycles. The highest BCUT2D eigenvalue weighted by Crippen LogP contribution is 2.24. The maximum atomic E-state index is 12.5. The Kier molecular flexibility index (Phi) is 5.58. The average molecular weight is 365 g/mol. The van der Waals surface area contributed by atoms with Crippen LogP contribution < -0.4 is 5.32 Å². The number of hydrogen-bond donors (Lipinski definition) is 2.